The van der Waals surface area contributed by atoms with Gasteiger partial charge in [-0.05, 0) is 125 Å². The lowest BCUT2D eigenvalue weighted by molar-refractivity contribution is 0.114. The Morgan fingerprint density at radius 2 is 1.53 bits per heavy atom. The lowest BCUT2D eigenvalue weighted by atomic mass is 9.62. The van der Waals surface area contributed by atoms with Crippen molar-refractivity contribution in [3.05, 3.63) is 108 Å². The Labute approximate surface area is 304 Å². The van der Waals surface area contributed by atoms with Gasteiger partial charge in [0, 0.05) is 28.7 Å². The maximum Gasteiger partial charge on any atom is 0.128 e. The third kappa shape index (κ3) is 6.00. The summed E-state index contributed by atoms with van der Waals surface area (Å²) in [6.45, 7) is 6.47. The summed E-state index contributed by atoms with van der Waals surface area (Å²) in [5, 5.41) is 15.1. The molecular weight excluding hydrogens is 643 g/mol. The highest BCUT2D eigenvalue weighted by Gasteiger charge is 2.36. The molecule has 2 saturated carbocycles. The van der Waals surface area contributed by atoms with E-state index in [-0.39, 0.29) is 11.2 Å². The van der Waals surface area contributed by atoms with Crippen molar-refractivity contribution < 1.29 is 5.11 Å². The van der Waals surface area contributed by atoms with Crippen molar-refractivity contribution >= 4 is 43.2 Å². The van der Waals surface area contributed by atoms with E-state index in [4.69, 9.17) is 15.0 Å². The van der Waals surface area contributed by atoms with Gasteiger partial charge in [-0.15, -0.1) is 11.3 Å². The van der Waals surface area contributed by atoms with Crippen molar-refractivity contribution in [2.24, 2.45) is 5.41 Å². The molecule has 7 aromatic rings. The average Bonchev–Trinajstić information content (AvgIpc) is 3.59. The van der Waals surface area contributed by atoms with Crippen molar-refractivity contribution in [1.82, 2.24) is 15.0 Å². The SMILES string of the molecule is CC(C)(C)c1ccc(-c2nc3c(ccc4ncc5ccc(-c6cc(-c7ccc(C8CCC9(CCCCC9)CC8)cc7)ccn6)cc5c43)s2)c(O)c1. The molecule has 2 aliphatic carbocycles. The summed E-state index contributed by atoms with van der Waals surface area (Å²) >= 11 is 1.61. The number of phenolic OH excluding ortho intramolecular Hbond substituents is 1. The molecule has 3 heterocycles. The second-order valence-corrected chi connectivity index (χ2v) is 17.3. The van der Waals surface area contributed by atoms with Gasteiger partial charge < -0.3 is 5.11 Å². The number of pyridine rings is 2. The van der Waals surface area contributed by atoms with Crippen molar-refractivity contribution in [1.29, 1.82) is 0 Å². The highest BCUT2D eigenvalue weighted by molar-refractivity contribution is 7.21. The predicted molar refractivity (Wildman–Crippen MR) is 214 cm³/mol. The van der Waals surface area contributed by atoms with Crippen molar-refractivity contribution in [2.75, 3.05) is 0 Å². The first kappa shape index (κ1) is 32.3. The Morgan fingerprint density at radius 3 is 2.29 bits per heavy atom. The summed E-state index contributed by atoms with van der Waals surface area (Å²) in [6, 6.07) is 30.4. The molecule has 0 amide bonds. The molecule has 51 heavy (non-hydrogen) atoms. The van der Waals surface area contributed by atoms with E-state index in [2.05, 4.69) is 93.6 Å². The molecule has 1 N–H and O–H groups in total. The van der Waals surface area contributed by atoms with Gasteiger partial charge in [0.2, 0.25) is 0 Å². The van der Waals surface area contributed by atoms with Crippen molar-refractivity contribution in [3.8, 4) is 38.7 Å². The van der Waals surface area contributed by atoms with Crippen LogP contribution in [0.2, 0.25) is 0 Å². The highest BCUT2D eigenvalue weighted by atomic mass is 32.1. The van der Waals surface area contributed by atoms with Crippen LogP contribution >= 0.6 is 11.3 Å². The third-order valence-electron chi connectivity index (χ3n) is 12.0. The molecule has 2 aliphatic rings. The minimum absolute atomic E-state index is 0.0476. The minimum atomic E-state index is -0.0476. The quantitative estimate of drug-likeness (QED) is 0.187. The molecule has 0 saturated heterocycles. The first-order valence-corrected chi connectivity index (χ1v) is 19.6. The van der Waals surface area contributed by atoms with E-state index in [9.17, 15) is 5.11 Å². The second-order valence-electron chi connectivity index (χ2n) is 16.3. The molecule has 0 aliphatic heterocycles. The number of benzene rings is 4. The summed E-state index contributed by atoms with van der Waals surface area (Å²) in [6.07, 6.45) is 16.6. The molecule has 9 rings (SSSR count). The van der Waals surface area contributed by atoms with Crippen LogP contribution in [0.3, 0.4) is 0 Å². The number of fused-ring (bicyclic) bond motifs is 5. The summed E-state index contributed by atoms with van der Waals surface area (Å²) in [5.41, 5.74) is 10.2. The normalized spacial score (nSPS) is 16.8. The number of thiazole rings is 1. The van der Waals surface area contributed by atoms with Gasteiger partial charge in [-0.25, -0.2) is 4.98 Å². The van der Waals surface area contributed by atoms with Crippen molar-refractivity contribution in [2.45, 2.75) is 89.9 Å². The zero-order chi connectivity index (χ0) is 34.7. The number of nitrogens with zero attached hydrogens (tertiary/aromatic N) is 3. The van der Waals surface area contributed by atoms with Gasteiger partial charge >= 0.3 is 0 Å². The average molecular weight is 688 g/mol. The molecule has 0 radical (unpaired) electrons. The van der Waals surface area contributed by atoms with Gasteiger partial charge in [-0.3, -0.25) is 9.97 Å². The Morgan fingerprint density at radius 1 is 0.745 bits per heavy atom. The number of rotatable bonds is 4. The Bertz CT molecular complexity index is 2400. The fourth-order valence-corrected chi connectivity index (χ4v) is 9.92. The summed E-state index contributed by atoms with van der Waals surface area (Å²) < 4.78 is 1.07. The van der Waals surface area contributed by atoms with Crippen LogP contribution in [0, 0.1) is 5.41 Å². The first-order chi connectivity index (χ1) is 24.7. The Kier molecular flexibility index (Phi) is 7.96. The molecule has 0 atom stereocenters. The lowest BCUT2D eigenvalue weighted by Gasteiger charge is -2.43. The molecule has 0 bridgehead atoms. The number of hydrogen-bond donors (Lipinski definition) is 1. The van der Waals surface area contributed by atoms with Gasteiger partial charge in [-0.2, -0.15) is 0 Å². The molecule has 3 aromatic heterocycles. The zero-order valence-electron chi connectivity index (χ0n) is 29.9. The fourth-order valence-electron chi connectivity index (χ4n) is 8.92. The molecule has 256 valence electrons. The number of hydrogen-bond acceptors (Lipinski definition) is 5. The number of phenols is 1. The summed E-state index contributed by atoms with van der Waals surface area (Å²) in [4.78, 5) is 14.8. The smallest absolute Gasteiger partial charge is 0.128 e. The fraction of sp³-hybridized carbons (Fsp3) is 0.326. The van der Waals surface area contributed by atoms with E-state index < -0.39 is 0 Å². The van der Waals surface area contributed by atoms with Crippen LogP contribution in [0.4, 0.5) is 0 Å². The minimum Gasteiger partial charge on any atom is -0.507 e. The second kappa shape index (κ2) is 12.6. The number of aromatic hydroxyl groups is 1. The van der Waals surface area contributed by atoms with Crippen LogP contribution in [-0.4, -0.2) is 20.1 Å². The molecular formula is C46H45N3OS. The lowest BCUT2D eigenvalue weighted by Crippen LogP contribution is -2.29. The Balaban J connectivity index is 1.03. The van der Waals surface area contributed by atoms with E-state index in [0.29, 0.717) is 11.3 Å². The van der Waals surface area contributed by atoms with Crippen LogP contribution < -0.4 is 0 Å². The molecule has 4 aromatic carbocycles. The van der Waals surface area contributed by atoms with E-state index in [1.807, 2.05) is 24.5 Å². The zero-order valence-corrected chi connectivity index (χ0v) is 30.7. The number of aromatic nitrogens is 3. The standard InChI is InChI=1S/C46H45N3OS/c1-45(2,3)35-13-14-36(40(50)27-35)44-49-43-41(51-44)16-15-38-42(43)37-25-33(11-12-34(37)28-48-38)39-26-32(19-24-47-39)30-9-7-29(8-10-30)31-17-22-46(23-18-31)20-5-4-6-21-46/h7-16,19,24-28,31,50H,4-6,17-18,20-23H2,1-3H3. The van der Waals surface area contributed by atoms with Gasteiger partial charge in [-0.1, -0.05) is 82.5 Å². The van der Waals surface area contributed by atoms with Gasteiger partial charge in [0.1, 0.15) is 10.8 Å². The largest absolute Gasteiger partial charge is 0.507 e. The molecule has 1 spiro atoms. The maximum atomic E-state index is 11.1. The predicted octanol–water partition coefficient (Wildman–Crippen LogP) is 13.0. The van der Waals surface area contributed by atoms with Crippen molar-refractivity contribution in [3.63, 3.8) is 0 Å². The summed E-state index contributed by atoms with van der Waals surface area (Å²) in [7, 11) is 0. The Hall–Kier alpha value is -4.61. The molecule has 4 nitrogen and oxygen atoms in total. The van der Waals surface area contributed by atoms with Gasteiger partial charge in [0.05, 0.1) is 27.0 Å². The van der Waals surface area contributed by atoms with E-state index in [0.717, 1.165) is 59.3 Å². The van der Waals surface area contributed by atoms with Gasteiger partial charge in [0.25, 0.3) is 0 Å². The van der Waals surface area contributed by atoms with Crippen LogP contribution in [0.25, 0.3) is 64.8 Å². The van der Waals surface area contributed by atoms with Crippen LogP contribution in [0.1, 0.15) is 95.6 Å². The summed E-state index contributed by atoms with van der Waals surface area (Å²) in [5.74, 6) is 0.958. The molecule has 2 fully saturated rings. The van der Waals surface area contributed by atoms with Gasteiger partial charge in [0.15, 0.2) is 0 Å². The van der Waals surface area contributed by atoms with Crippen LogP contribution in [-0.2, 0) is 5.41 Å². The van der Waals surface area contributed by atoms with Crippen LogP contribution in [0.15, 0.2) is 97.3 Å². The third-order valence-corrected chi connectivity index (χ3v) is 13.1. The van der Waals surface area contributed by atoms with E-state index in [1.54, 1.807) is 11.3 Å². The van der Waals surface area contributed by atoms with Crippen LogP contribution in [0.5, 0.6) is 5.75 Å². The topological polar surface area (TPSA) is 58.9 Å². The van der Waals surface area contributed by atoms with E-state index in [1.165, 1.54) is 74.5 Å². The molecule has 0 unspecified atom stereocenters. The highest BCUT2D eigenvalue weighted by Crippen LogP contribution is 2.51. The maximum absolute atomic E-state index is 11.1. The van der Waals surface area contributed by atoms with E-state index >= 15 is 0 Å². The molecule has 5 heteroatoms. The first-order valence-electron chi connectivity index (χ1n) is 18.8. The monoisotopic (exact) mass is 687 g/mol.